The molecule has 112 valence electrons. The standard InChI is InChI=1S/C15H23NO3S/c1-3-13(4-2)16(8-9-17)11-14-12(7-10-20-14)5-6-15(18)19/h5-7,10,13,17H,3-4,8-9,11H2,1-2H3,(H,18,19). The predicted octanol–water partition coefficient (Wildman–Crippen LogP) is 2.83. The van der Waals surface area contributed by atoms with Crippen LogP contribution in [0.1, 0.15) is 37.1 Å². The van der Waals surface area contributed by atoms with Gasteiger partial charge in [-0.3, -0.25) is 4.90 Å². The van der Waals surface area contributed by atoms with Crippen LogP contribution >= 0.6 is 11.3 Å². The van der Waals surface area contributed by atoms with Crippen molar-refractivity contribution in [2.75, 3.05) is 13.2 Å². The Morgan fingerprint density at radius 3 is 2.70 bits per heavy atom. The van der Waals surface area contributed by atoms with E-state index in [9.17, 15) is 9.90 Å². The summed E-state index contributed by atoms with van der Waals surface area (Å²) in [6.45, 7) is 5.84. The van der Waals surface area contributed by atoms with Crippen LogP contribution in [0.25, 0.3) is 6.08 Å². The molecule has 5 heteroatoms. The van der Waals surface area contributed by atoms with Crippen molar-refractivity contribution in [3.8, 4) is 0 Å². The smallest absolute Gasteiger partial charge is 0.328 e. The zero-order chi connectivity index (χ0) is 15.0. The number of rotatable bonds is 9. The Kier molecular flexibility index (Phi) is 7.51. The lowest BCUT2D eigenvalue weighted by Gasteiger charge is -2.29. The van der Waals surface area contributed by atoms with Gasteiger partial charge in [0.25, 0.3) is 0 Å². The van der Waals surface area contributed by atoms with Crippen molar-refractivity contribution in [2.24, 2.45) is 0 Å². The molecule has 0 saturated carbocycles. The Morgan fingerprint density at radius 2 is 2.15 bits per heavy atom. The molecule has 1 heterocycles. The highest BCUT2D eigenvalue weighted by Crippen LogP contribution is 2.22. The molecule has 0 spiro atoms. The summed E-state index contributed by atoms with van der Waals surface area (Å²) < 4.78 is 0. The molecule has 0 aliphatic rings. The molecule has 0 amide bonds. The van der Waals surface area contributed by atoms with Crippen molar-refractivity contribution in [1.29, 1.82) is 0 Å². The highest BCUT2D eigenvalue weighted by Gasteiger charge is 2.16. The first-order chi connectivity index (χ1) is 9.62. The number of hydrogen-bond acceptors (Lipinski definition) is 4. The van der Waals surface area contributed by atoms with Crippen LogP contribution in [0.5, 0.6) is 0 Å². The summed E-state index contributed by atoms with van der Waals surface area (Å²) in [7, 11) is 0. The molecule has 0 aliphatic heterocycles. The fraction of sp³-hybridized carbons (Fsp3) is 0.533. The fourth-order valence-electron chi connectivity index (χ4n) is 2.30. The SMILES string of the molecule is CCC(CC)N(CCO)Cc1sccc1C=CC(=O)O. The van der Waals surface area contributed by atoms with Crippen molar-refractivity contribution in [3.05, 3.63) is 28.0 Å². The van der Waals surface area contributed by atoms with Crippen LogP contribution in [-0.2, 0) is 11.3 Å². The second kappa shape index (κ2) is 8.89. The summed E-state index contributed by atoms with van der Waals surface area (Å²) in [5, 5.41) is 19.9. The highest BCUT2D eigenvalue weighted by atomic mass is 32.1. The van der Waals surface area contributed by atoms with E-state index in [1.54, 1.807) is 17.4 Å². The Bertz CT molecular complexity index is 438. The van der Waals surface area contributed by atoms with Gasteiger partial charge in [-0.15, -0.1) is 11.3 Å². The van der Waals surface area contributed by atoms with E-state index in [0.717, 1.165) is 29.8 Å². The van der Waals surface area contributed by atoms with Gasteiger partial charge in [0.1, 0.15) is 0 Å². The topological polar surface area (TPSA) is 60.8 Å². The van der Waals surface area contributed by atoms with Crippen LogP contribution in [0.4, 0.5) is 0 Å². The Hall–Kier alpha value is -1.17. The van der Waals surface area contributed by atoms with Crippen molar-refractivity contribution in [2.45, 2.75) is 39.3 Å². The van der Waals surface area contributed by atoms with Gasteiger partial charge in [-0.05, 0) is 35.9 Å². The monoisotopic (exact) mass is 297 g/mol. The molecule has 4 nitrogen and oxygen atoms in total. The molecule has 0 fully saturated rings. The summed E-state index contributed by atoms with van der Waals surface area (Å²) in [4.78, 5) is 14.0. The third-order valence-corrected chi connectivity index (χ3v) is 4.30. The first-order valence-corrected chi connectivity index (χ1v) is 7.82. The number of carboxylic acids is 1. The van der Waals surface area contributed by atoms with Crippen molar-refractivity contribution in [1.82, 2.24) is 4.90 Å². The van der Waals surface area contributed by atoms with E-state index in [0.29, 0.717) is 12.6 Å². The first-order valence-electron chi connectivity index (χ1n) is 6.94. The van der Waals surface area contributed by atoms with Gasteiger partial charge in [-0.2, -0.15) is 0 Å². The van der Waals surface area contributed by atoms with Crippen LogP contribution < -0.4 is 0 Å². The number of aliphatic hydroxyl groups excluding tert-OH is 1. The molecule has 1 rings (SSSR count). The number of thiophene rings is 1. The molecule has 20 heavy (non-hydrogen) atoms. The van der Waals surface area contributed by atoms with Crippen molar-refractivity contribution in [3.63, 3.8) is 0 Å². The minimum Gasteiger partial charge on any atom is -0.478 e. The number of carbonyl (C=O) groups is 1. The lowest BCUT2D eigenvalue weighted by Crippen LogP contribution is -2.36. The van der Waals surface area contributed by atoms with Crippen molar-refractivity contribution >= 4 is 23.4 Å². The van der Waals surface area contributed by atoms with Gasteiger partial charge in [0.2, 0.25) is 0 Å². The van der Waals surface area contributed by atoms with Gasteiger partial charge in [0.15, 0.2) is 0 Å². The van der Waals surface area contributed by atoms with E-state index >= 15 is 0 Å². The number of aliphatic carboxylic acids is 1. The van der Waals surface area contributed by atoms with Gasteiger partial charge < -0.3 is 10.2 Å². The molecular weight excluding hydrogens is 274 g/mol. The minimum absolute atomic E-state index is 0.141. The maximum atomic E-state index is 10.6. The van der Waals surface area contributed by atoms with E-state index in [2.05, 4.69) is 18.7 Å². The molecule has 0 saturated heterocycles. The van der Waals surface area contributed by atoms with Crippen LogP contribution in [0.15, 0.2) is 17.5 Å². The summed E-state index contributed by atoms with van der Waals surface area (Å²) in [5.74, 6) is -0.936. The van der Waals surface area contributed by atoms with E-state index in [1.165, 1.54) is 6.08 Å². The quantitative estimate of drug-likeness (QED) is 0.688. The van der Waals surface area contributed by atoms with E-state index in [4.69, 9.17) is 5.11 Å². The average molecular weight is 297 g/mol. The van der Waals surface area contributed by atoms with E-state index < -0.39 is 5.97 Å². The zero-order valence-corrected chi connectivity index (χ0v) is 12.9. The van der Waals surface area contributed by atoms with Gasteiger partial charge in [-0.25, -0.2) is 4.79 Å². The Balaban J connectivity index is 2.83. The summed E-state index contributed by atoms with van der Waals surface area (Å²) in [6, 6.07) is 2.38. The molecule has 1 aromatic heterocycles. The minimum atomic E-state index is -0.936. The number of hydrogen-bond donors (Lipinski definition) is 2. The van der Waals surface area contributed by atoms with Gasteiger partial charge in [-0.1, -0.05) is 13.8 Å². The molecule has 0 aromatic carbocycles. The highest BCUT2D eigenvalue weighted by molar-refractivity contribution is 7.10. The third-order valence-electron chi connectivity index (χ3n) is 3.38. The summed E-state index contributed by atoms with van der Waals surface area (Å²) in [5.41, 5.74) is 0.950. The van der Waals surface area contributed by atoms with Gasteiger partial charge >= 0.3 is 5.97 Å². The third kappa shape index (κ3) is 5.07. The fourth-order valence-corrected chi connectivity index (χ4v) is 3.19. The maximum Gasteiger partial charge on any atom is 0.328 e. The lowest BCUT2D eigenvalue weighted by atomic mass is 10.1. The first kappa shape index (κ1) is 16.9. The Labute approximate surface area is 124 Å². The number of aliphatic hydroxyl groups is 1. The average Bonchev–Trinajstić information content (AvgIpc) is 2.85. The molecule has 0 unspecified atom stereocenters. The molecule has 0 atom stereocenters. The molecule has 0 aliphatic carbocycles. The Morgan fingerprint density at radius 1 is 1.45 bits per heavy atom. The zero-order valence-electron chi connectivity index (χ0n) is 12.1. The number of carboxylic acid groups (broad SMARTS) is 1. The van der Waals surface area contributed by atoms with Gasteiger partial charge in [0.05, 0.1) is 6.61 Å². The van der Waals surface area contributed by atoms with Crippen LogP contribution in [-0.4, -0.2) is 40.3 Å². The molecule has 2 N–H and O–H groups in total. The summed E-state index contributed by atoms with van der Waals surface area (Å²) >= 11 is 1.63. The maximum absolute atomic E-state index is 10.6. The molecule has 0 bridgehead atoms. The predicted molar refractivity (Wildman–Crippen MR) is 82.9 cm³/mol. The van der Waals surface area contributed by atoms with Crippen LogP contribution in [0.2, 0.25) is 0 Å². The van der Waals surface area contributed by atoms with E-state index in [1.807, 2.05) is 11.4 Å². The summed E-state index contributed by atoms with van der Waals surface area (Å²) in [6.07, 6.45) is 4.89. The number of nitrogens with zero attached hydrogens (tertiary/aromatic N) is 1. The van der Waals surface area contributed by atoms with E-state index in [-0.39, 0.29) is 6.61 Å². The van der Waals surface area contributed by atoms with Crippen molar-refractivity contribution < 1.29 is 15.0 Å². The largest absolute Gasteiger partial charge is 0.478 e. The normalized spacial score (nSPS) is 11.8. The van der Waals surface area contributed by atoms with Crippen LogP contribution in [0, 0.1) is 0 Å². The second-order valence-corrected chi connectivity index (χ2v) is 5.64. The second-order valence-electron chi connectivity index (χ2n) is 4.64. The molecule has 0 radical (unpaired) electrons. The van der Waals surface area contributed by atoms with Gasteiger partial charge in [0, 0.05) is 30.1 Å². The molecular formula is C15H23NO3S. The van der Waals surface area contributed by atoms with Crippen LogP contribution in [0.3, 0.4) is 0 Å². The molecule has 1 aromatic rings. The lowest BCUT2D eigenvalue weighted by molar-refractivity contribution is -0.131.